The topological polar surface area (TPSA) is 70.9 Å². The zero-order valence-corrected chi connectivity index (χ0v) is 24.9. The number of carbonyl (C=O) groups excluding carboxylic acids is 2. The smallest absolute Gasteiger partial charge is 0.264 e. The fraction of sp³-hybridized carbons (Fsp3) is 0.485. The molecule has 218 valence electrons. The second-order valence-corrected chi connectivity index (χ2v) is 11.5. The molecule has 1 aliphatic carbocycles. The maximum atomic E-state index is 14.2. The molecular formula is C33H43N5O3. The third-order valence-electron chi connectivity index (χ3n) is 8.17. The van der Waals surface area contributed by atoms with Crippen LogP contribution in [-0.4, -0.2) is 70.2 Å². The molecule has 8 nitrogen and oxygen atoms in total. The van der Waals surface area contributed by atoms with Crippen molar-refractivity contribution in [1.82, 2.24) is 19.6 Å². The third kappa shape index (κ3) is 6.81. The summed E-state index contributed by atoms with van der Waals surface area (Å²) >= 11 is 0. The summed E-state index contributed by atoms with van der Waals surface area (Å²) < 4.78 is 7.77. The van der Waals surface area contributed by atoms with E-state index in [1.54, 1.807) is 0 Å². The summed E-state index contributed by atoms with van der Waals surface area (Å²) in [7, 11) is 0. The van der Waals surface area contributed by atoms with Crippen molar-refractivity contribution in [3.8, 4) is 5.75 Å². The molecule has 0 radical (unpaired) electrons. The summed E-state index contributed by atoms with van der Waals surface area (Å²) in [5.74, 6) is 0.987. The normalized spacial score (nSPS) is 16.8. The van der Waals surface area contributed by atoms with Crippen molar-refractivity contribution in [3.63, 3.8) is 0 Å². The van der Waals surface area contributed by atoms with Crippen molar-refractivity contribution in [2.24, 2.45) is 0 Å². The number of anilines is 1. The first kappa shape index (κ1) is 28.9. The zero-order valence-electron chi connectivity index (χ0n) is 24.9. The molecule has 2 aromatic carbocycles. The molecule has 0 bridgehead atoms. The van der Waals surface area contributed by atoms with Crippen LogP contribution in [0.1, 0.15) is 73.1 Å². The average Bonchev–Trinajstić information content (AvgIpc) is 3.73. The van der Waals surface area contributed by atoms with Crippen LogP contribution in [0.2, 0.25) is 0 Å². The fourth-order valence-electron chi connectivity index (χ4n) is 5.69. The highest BCUT2D eigenvalue weighted by Gasteiger charge is 2.34. The lowest BCUT2D eigenvalue weighted by molar-refractivity contribution is -0.120. The number of aromatic nitrogens is 2. The third-order valence-corrected chi connectivity index (χ3v) is 8.17. The van der Waals surface area contributed by atoms with Crippen LogP contribution in [0.3, 0.4) is 0 Å². The molecule has 2 amide bonds. The van der Waals surface area contributed by atoms with Gasteiger partial charge in [-0.1, -0.05) is 36.4 Å². The molecular weight excluding hydrogens is 514 g/mol. The van der Waals surface area contributed by atoms with Crippen LogP contribution in [0.4, 0.5) is 5.69 Å². The minimum absolute atomic E-state index is 0.0206. The van der Waals surface area contributed by atoms with Crippen LogP contribution in [0.5, 0.6) is 5.75 Å². The molecule has 1 fully saturated rings. The largest absolute Gasteiger partial charge is 0.484 e. The SMILES string of the molecule is CCn1cc(C(=O)N2CCN(C(C)C)CCCN(C(=O)COc3ccccc3)c3c(C)cccc3C2)c(C2CC2)n1. The first-order valence-electron chi connectivity index (χ1n) is 15.0. The quantitative estimate of drug-likeness (QED) is 0.397. The highest BCUT2D eigenvalue weighted by Crippen LogP contribution is 2.41. The first-order chi connectivity index (χ1) is 19.9. The van der Waals surface area contributed by atoms with Gasteiger partial charge >= 0.3 is 0 Å². The highest BCUT2D eigenvalue weighted by molar-refractivity contribution is 5.97. The highest BCUT2D eigenvalue weighted by atomic mass is 16.5. The Morgan fingerprint density at radius 1 is 1.00 bits per heavy atom. The number of fused-ring (bicyclic) bond motifs is 1. The Kier molecular flexibility index (Phi) is 9.08. The Hall–Kier alpha value is -3.65. The van der Waals surface area contributed by atoms with E-state index < -0.39 is 0 Å². The fourth-order valence-corrected chi connectivity index (χ4v) is 5.69. The van der Waals surface area contributed by atoms with E-state index in [4.69, 9.17) is 9.84 Å². The molecule has 41 heavy (non-hydrogen) atoms. The molecule has 0 atom stereocenters. The van der Waals surface area contributed by atoms with Crippen molar-refractivity contribution in [2.45, 2.75) is 72.0 Å². The van der Waals surface area contributed by atoms with E-state index >= 15 is 0 Å². The molecule has 0 N–H and O–H groups in total. The van der Waals surface area contributed by atoms with Crippen LogP contribution in [0, 0.1) is 6.92 Å². The Bertz CT molecular complexity index is 1350. The minimum Gasteiger partial charge on any atom is -0.484 e. The second kappa shape index (κ2) is 12.9. The lowest BCUT2D eigenvalue weighted by Crippen LogP contribution is -2.41. The first-order valence-corrected chi connectivity index (χ1v) is 15.0. The van der Waals surface area contributed by atoms with E-state index in [9.17, 15) is 9.59 Å². The molecule has 1 aliphatic heterocycles. The van der Waals surface area contributed by atoms with Gasteiger partial charge in [-0.2, -0.15) is 5.10 Å². The number of amides is 2. The van der Waals surface area contributed by atoms with Crippen LogP contribution >= 0.6 is 0 Å². The predicted octanol–water partition coefficient (Wildman–Crippen LogP) is 5.26. The standard InChI is InChI=1S/C33H43N5O3/c1-5-37-22-29(31(34-37)26-15-16-26)33(40)36-20-19-35(24(2)3)17-10-18-38(32-25(4)11-9-12-27(32)21-36)30(39)23-41-28-13-7-6-8-14-28/h6-9,11-14,22,24,26H,5,10,15-21,23H2,1-4H3. The Morgan fingerprint density at radius 3 is 2.49 bits per heavy atom. The van der Waals surface area contributed by atoms with Gasteiger partial charge in [0.2, 0.25) is 0 Å². The molecule has 0 saturated heterocycles. The molecule has 1 aromatic heterocycles. The summed E-state index contributed by atoms with van der Waals surface area (Å²) in [5, 5.41) is 4.77. The molecule has 2 heterocycles. The summed E-state index contributed by atoms with van der Waals surface area (Å²) in [6.45, 7) is 12.4. The molecule has 8 heteroatoms. The summed E-state index contributed by atoms with van der Waals surface area (Å²) in [4.78, 5) is 34.2. The lowest BCUT2D eigenvalue weighted by Gasteiger charge is -2.30. The van der Waals surface area contributed by atoms with Crippen LogP contribution in [-0.2, 0) is 17.9 Å². The van der Waals surface area contributed by atoms with Crippen molar-refractivity contribution in [3.05, 3.63) is 77.1 Å². The van der Waals surface area contributed by atoms with Gasteiger partial charge < -0.3 is 14.5 Å². The zero-order chi connectivity index (χ0) is 28.9. The van der Waals surface area contributed by atoms with E-state index in [0.29, 0.717) is 37.3 Å². The monoisotopic (exact) mass is 557 g/mol. The molecule has 0 spiro atoms. The number of para-hydroxylation sites is 2. The van der Waals surface area contributed by atoms with Gasteiger partial charge in [0.25, 0.3) is 11.8 Å². The van der Waals surface area contributed by atoms with Crippen LogP contribution in [0.25, 0.3) is 0 Å². The maximum absolute atomic E-state index is 14.2. The van der Waals surface area contributed by atoms with Crippen molar-refractivity contribution in [2.75, 3.05) is 37.7 Å². The van der Waals surface area contributed by atoms with Gasteiger partial charge in [-0.3, -0.25) is 19.2 Å². The number of aryl methyl sites for hydroxylation is 2. The van der Waals surface area contributed by atoms with Gasteiger partial charge in [0.15, 0.2) is 6.61 Å². The predicted molar refractivity (Wildman–Crippen MR) is 161 cm³/mol. The molecule has 1 saturated carbocycles. The lowest BCUT2D eigenvalue weighted by atomic mass is 10.0. The van der Waals surface area contributed by atoms with E-state index in [0.717, 1.165) is 67.0 Å². The van der Waals surface area contributed by atoms with Crippen LogP contribution < -0.4 is 9.64 Å². The van der Waals surface area contributed by atoms with Gasteiger partial charge in [0, 0.05) is 57.4 Å². The van der Waals surface area contributed by atoms with E-state index in [-0.39, 0.29) is 18.4 Å². The maximum Gasteiger partial charge on any atom is 0.264 e. The van der Waals surface area contributed by atoms with Crippen molar-refractivity contribution in [1.29, 1.82) is 0 Å². The number of hydrogen-bond acceptors (Lipinski definition) is 5. The minimum atomic E-state index is -0.0853. The molecule has 3 aromatic rings. The average molecular weight is 558 g/mol. The number of rotatable bonds is 7. The van der Waals surface area contributed by atoms with E-state index in [2.05, 4.69) is 31.7 Å². The number of nitrogens with zero attached hydrogens (tertiary/aromatic N) is 5. The molecule has 2 aliphatic rings. The molecule has 0 unspecified atom stereocenters. The van der Waals surface area contributed by atoms with Gasteiger partial charge in [-0.25, -0.2) is 0 Å². The summed E-state index contributed by atoms with van der Waals surface area (Å²) in [5.41, 5.74) is 4.53. The van der Waals surface area contributed by atoms with Gasteiger partial charge in [0.05, 0.1) is 16.9 Å². The van der Waals surface area contributed by atoms with Crippen LogP contribution in [0.15, 0.2) is 54.7 Å². The Balaban J connectivity index is 1.49. The summed E-state index contributed by atoms with van der Waals surface area (Å²) in [6.07, 6.45) is 4.93. The number of benzene rings is 2. The number of hydrogen-bond donors (Lipinski definition) is 0. The Morgan fingerprint density at radius 2 is 1.78 bits per heavy atom. The Labute approximate surface area is 243 Å². The summed E-state index contributed by atoms with van der Waals surface area (Å²) in [6, 6.07) is 15.9. The number of ether oxygens (including phenoxy) is 1. The van der Waals surface area contributed by atoms with E-state index in [1.807, 2.05) is 70.1 Å². The molecule has 5 rings (SSSR count). The van der Waals surface area contributed by atoms with Gasteiger partial charge in [-0.05, 0) is 70.2 Å². The van der Waals surface area contributed by atoms with Gasteiger partial charge in [-0.15, -0.1) is 0 Å². The van der Waals surface area contributed by atoms with Crippen molar-refractivity contribution < 1.29 is 14.3 Å². The second-order valence-electron chi connectivity index (χ2n) is 11.5. The van der Waals surface area contributed by atoms with Gasteiger partial charge in [0.1, 0.15) is 5.75 Å². The van der Waals surface area contributed by atoms with E-state index in [1.165, 1.54) is 0 Å². The number of carbonyl (C=O) groups is 2. The van der Waals surface area contributed by atoms with Crippen molar-refractivity contribution >= 4 is 17.5 Å².